The second kappa shape index (κ2) is 6.91. The maximum atomic E-state index is 13.1. The van der Waals surface area contributed by atoms with Gasteiger partial charge in [0.2, 0.25) is 0 Å². The van der Waals surface area contributed by atoms with Crippen LogP contribution in [0.1, 0.15) is 11.1 Å². The van der Waals surface area contributed by atoms with Crippen molar-refractivity contribution in [3.05, 3.63) is 88.4 Å². The molecule has 0 spiro atoms. The Morgan fingerprint density at radius 2 is 1.64 bits per heavy atom. The van der Waals surface area contributed by atoms with E-state index in [4.69, 9.17) is 0 Å². The topological polar surface area (TPSA) is 32.7 Å². The monoisotopic (exact) mass is 444 g/mol. The minimum Gasteiger partial charge on any atom is -0.275 e. The van der Waals surface area contributed by atoms with E-state index in [0.29, 0.717) is 16.9 Å². The van der Waals surface area contributed by atoms with Gasteiger partial charge in [-0.1, -0.05) is 40.2 Å². The van der Waals surface area contributed by atoms with Gasteiger partial charge in [0.05, 0.1) is 16.9 Å². The Kier molecular flexibility index (Phi) is 4.55. The first-order valence-corrected chi connectivity index (χ1v) is 9.09. The molecule has 28 heavy (non-hydrogen) atoms. The van der Waals surface area contributed by atoms with Crippen LogP contribution in [-0.4, -0.2) is 11.6 Å². The Bertz CT molecular complexity index is 1090. The number of rotatable bonds is 2. The predicted octanol–water partition coefficient (Wildman–Crippen LogP) is 6.27. The summed E-state index contributed by atoms with van der Waals surface area (Å²) in [4.78, 5) is 18.9. The van der Waals surface area contributed by atoms with E-state index in [1.54, 1.807) is 30.3 Å². The number of aliphatic imine (C=N–C) groups is 1. The van der Waals surface area contributed by atoms with E-state index < -0.39 is 17.6 Å². The third kappa shape index (κ3) is 3.33. The third-order valence-corrected chi connectivity index (χ3v) is 4.78. The van der Waals surface area contributed by atoms with Crippen molar-refractivity contribution >= 4 is 44.6 Å². The summed E-state index contributed by atoms with van der Waals surface area (Å²) >= 11 is 3.38. The summed E-state index contributed by atoms with van der Waals surface area (Å²) < 4.78 is 39.8. The molecule has 4 rings (SSSR count). The Morgan fingerprint density at radius 3 is 2.36 bits per heavy atom. The van der Waals surface area contributed by atoms with Crippen molar-refractivity contribution in [2.45, 2.75) is 6.18 Å². The SMILES string of the molecule is O=C1/C(=N\c2cccc(C(F)(F)F)c2)c2cc(Br)ccc2N1c1ccccc1. The molecule has 7 heteroatoms. The number of para-hydroxylation sites is 1. The van der Waals surface area contributed by atoms with E-state index in [9.17, 15) is 18.0 Å². The standard InChI is InChI=1S/C21H12BrF3N2O/c22-14-9-10-18-17(12-14)19(20(28)27(18)16-7-2-1-3-8-16)26-15-6-4-5-13(11-15)21(23,24)25/h1-12H/b26-19-. The van der Waals surface area contributed by atoms with Gasteiger partial charge in [0, 0.05) is 15.7 Å². The van der Waals surface area contributed by atoms with Crippen LogP contribution in [0.3, 0.4) is 0 Å². The third-order valence-electron chi connectivity index (χ3n) is 4.29. The van der Waals surface area contributed by atoms with E-state index in [1.807, 2.05) is 18.2 Å². The molecule has 0 aromatic heterocycles. The van der Waals surface area contributed by atoms with Crippen molar-refractivity contribution in [2.75, 3.05) is 4.90 Å². The zero-order chi connectivity index (χ0) is 19.9. The molecule has 1 aliphatic rings. The quantitative estimate of drug-likeness (QED) is 0.458. The van der Waals surface area contributed by atoms with Crippen molar-refractivity contribution in [2.24, 2.45) is 4.99 Å². The highest BCUT2D eigenvalue weighted by Gasteiger charge is 2.35. The van der Waals surface area contributed by atoms with Crippen LogP contribution in [0.15, 0.2) is 82.3 Å². The molecule has 0 aliphatic carbocycles. The summed E-state index contributed by atoms with van der Waals surface area (Å²) in [5.74, 6) is -0.392. The number of hydrogen-bond donors (Lipinski definition) is 0. The zero-order valence-electron chi connectivity index (χ0n) is 14.2. The molecule has 1 amide bonds. The van der Waals surface area contributed by atoms with Gasteiger partial charge in [0.25, 0.3) is 5.91 Å². The first-order valence-electron chi connectivity index (χ1n) is 8.30. The van der Waals surface area contributed by atoms with Gasteiger partial charge in [0.1, 0.15) is 5.71 Å². The molecule has 0 saturated heterocycles. The van der Waals surface area contributed by atoms with Crippen molar-refractivity contribution in [3.63, 3.8) is 0 Å². The Balaban J connectivity index is 1.86. The number of anilines is 2. The van der Waals surface area contributed by atoms with Gasteiger partial charge in [-0.25, -0.2) is 4.99 Å². The summed E-state index contributed by atoms with van der Waals surface area (Å²) in [5, 5.41) is 0. The zero-order valence-corrected chi connectivity index (χ0v) is 15.8. The molecule has 3 nitrogen and oxygen atoms in total. The van der Waals surface area contributed by atoms with Gasteiger partial charge in [-0.2, -0.15) is 13.2 Å². The number of carbonyl (C=O) groups excluding carboxylic acids is 1. The van der Waals surface area contributed by atoms with Crippen LogP contribution >= 0.6 is 15.9 Å². The number of nitrogens with zero attached hydrogens (tertiary/aromatic N) is 2. The van der Waals surface area contributed by atoms with Crippen molar-refractivity contribution in [1.29, 1.82) is 0 Å². The highest BCUT2D eigenvalue weighted by atomic mass is 79.9. The molecular formula is C21H12BrF3N2O. The normalized spacial score (nSPS) is 15.2. The van der Waals surface area contributed by atoms with Gasteiger partial charge < -0.3 is 0 Å². The van der Waals surface area contributed by atoms with Gasteiger partial charge >= 0.3 is 6.18 Å². The second-order valence-electron chi connectivity index (χ2n) is 6.15. The first-order chi connectivity index (χ1) is 13.3. The lowest BCUT2D eigenvalue weighted by atomic mass is 10.1. The molecule has 1 aliphatic heterocycles. The van der Waals surface area contributed by atoms with Crippen molar-refractivity contribution in [1.82, 2.24) is 0 Å². The first kappa shape index (κ1) is 18.4. The van der Waals surface area contributed by atoms with Crippen LogP contribution in [0.25, 0.3) is 0 Å². The molecule has 0 radical (unpaired) electrons. The summed E-state index contributed by atoms with van der Waals surface area (Å²) in [6.07, 6.45) is -4.48. The van der Waals surface area contributed by atoms with Crippen LogP contribution < -0.4 is 4.90 Å². The molecule has 0 atom stereocenters. The number of halogens is 4. The largest absolute Gasteiger partial charge is 0.416 e. The van der Waals surface area contributed by atoms with E-state index in [1.165, 1.54) is 17.0 Å². The molecule has 0 saturated carbocycles. The Labute approximate surface area is 167 Å². The fraction of sp³-hybridized carbons (Fsp3) is 0.0476. The average Bonchev–Trinajstić information content (AvgIpc) is 2.93. The summed E-state index contributed by atoms with van der Waals surface area (Å²) in [6, 6.07) is 19.0. The molecular weight excluding hydrogens is 433 g/mol. The number of benzene rings is 3. The molecule has 0 N–H and O–H groups in total. The number of alkyl halides is 3. The maximum Gasteiger partial charge on any atom is 0.416 e. The van der Waals surface area contributed by atoms with Crippen LogP contribution in [0.5, 0.6) is 0 Å². The highest BCUT2D eigenvalue weighted by molar-refractivity contribution is 9.10. The molecule has 3 aromatic carbocycles. The number of hydrogen-bond acceptors (Lipinski definition) is 2. The number of amides is 1. The minimum absolute atomic E-state index is 0.0685. The van der Waals surface area contributed by atoms with Gasteiger partial charge in [-0.15, -0.1) is 0 Å². The smallest absolute Gasteiger partial charge is 0.275 e. The number of fused-ring (bicyclic) bond motifs is 1. The molecule has 140 valence electrons. The van der Waals surface area contributed by atoms with Crippen LogP contribution in [0.2, 0.25) is 0 Å². The molecule has 0 fully saturated rings. The lowest BCUT2D eigenvalue weighted by Gasteiger charge is -2.16. The lowest BCUT2D eigenvalue weighted by Crippen LogP contribution is -2.25. The van der Waals surface area contributed by atoms with Gasteiger partial charge in [0.15, 0.2) is 0 Å². The van der Waals surface area contributed by atoms with Crippen LogP contribution in [0, 0.1) is 0 Å². The Morgan fingerprint density at radius 1 is 0.893 bits per heavy atom. The highest BCUT2D eigenvalue weighted by Crippen LogP contribution is 2.38. The molecule has 3 aromatic rings. The van der Waals surface area contributed by atoms with E-state index in [0.717, 1.165) is 16.6 Å². The average molecular weight is 445 g/mol. The van der Waals surface area contributed by atoms with E-state index in [2.05, 4.69) is 20.9 Å². The lowest BCUT2D eigenvalue weighted by molar-refractivity contribution is -0.137. The van der Waals surface area contributed by atoms with Gasteiger partial charge in [-0.05, 0) is 48.5 Å². The second-order valence-corrected chi connectivity index (χ2v) is 7.06. The van der Waals surface area contributed by atoms with Crippen LogP contribution in [-0.2, 0) is 11.0 Å². The molecule has 1 heterocycles. The molecule has 0 bridgehead atoms. The molecule has 0 unspecified atom stereocenters. The fourth-order valence-electron chi connectivity index (χ4n) is 3.05. The van der Waals surface area contributed by atoms with Gasteiger partial charge in [-0.3, -0.25) is 9.69 Å². The number of carbonyl (C=O) groups is 1. The van der Waals surface area contributed by atoms with Crippen molar-refractivity contribution < 1.29 is 18.0 Å². The fourth-order valence-corrected chi connectivity index (χ4v) is 3.41. The van der Waals surface area contributed by atoms with E-state index >= 15 is 0 Å². The van der Waals surface area contributed by atoms with E-state index in [-0.39, 0.29) is 11.4 Å². The Hall–Kier alpha value is -2.93. The van der Waals surface area contributed by atoms with Crippen LogP contribution in [0.4, 0.5) is 30.2 Å². The van der Waals surface area contributed by atoms with Crippen molar-refractivity contribution in [3.8, 4) is 0 Å². The summed E-state index contributed by atoms with van der Waals surface area (Å²) in [6.45, 7) is 0. The minimum atomic E-state index is -4.48. The maximum absolute atomic E-state index is 13.1. The predicted molar refractivity (Wildman–Crippen MR) is 105 cm³/mol. The summed E-state index contributed by atoms with van der Waals surface area (Å²) in [7, 11) is 0. The summed E-state index contributed by atoms with van der Waals surface area (Å²) in [5.41, 5.74) is 1.20.